The van der Waals surface area contributed by atoms with Gasteiger partial charge in [-0.25, -0.2) is 9.78 Å². The van der Waals surface area contributed by atoms with Gasteiger partial charge in [0.2, 0.25) is 5.91 Å². The third kappa shape index (κ3) is 5.67. The zero-order valence-corrected chi connectivity index (χ0v) is 11.3. The van der Waals surface area contributed by atoms with Crippen LogP contribution in [0.1, 0.15) is 20.3 Å². The highest BCUT2D eigenvalue weighted by Gasteiger charge is 2.10. The van der Waals surface area contributed by atoms with Crippen molar-refractivity contribution in [2.45, 2.75) is 31.3 Å². The smallest absolute Gasteiger partial charge is 0.321 e. The quantitative estimate of drug-likeness (QED) is 0.798. The number of imide groups is 1. The molecule has 1 rings (SSSR count). The van der Waals surface area contributed by atoms with Crippen LogP contribution in [0.3, 0.4) is 0 Å². The molecule has 0 aliphatic heterocycles. The fraction of sp³-hybridized carbons (Fsp3) is 0.417. The molecule has 3 amide bonds. The molecule has 0 spiro atoms. The Balaban J connectivity index is 2.27. The molecular weight excluding hydrogens is 250 g/mol. The standard InChI is InChI=1S/C12H17N3O2S/c1-3-9(2)14-12(17)15-10(16)8-18-11-6-4-5-7-13-11/h4-7,9H,3,8H2,1-2H3,(H2,14,15,16,17)/t9-/m1/s1. The lowest BCUT2D eigenvalue weighted by atomic mass is 10.3. The Kier molecular flexibility index (Phi) is 6.21. The third-order valence-electron chi connectivity index (χ3n) is 2.23. The molecule has 98 valence electrons. The van der Waals surface area contributed by atoms with Crippen molar-refractivity contribution in [2.24, 2.45) is 0 Å². The maximum atomic E-state index is 11.5. The number of carbonyl (C=O) groups excluding carboxylic acids is 2. The molecule has 0 saturated heterocycles. The van der Waals surface area contributed by atoms with Gasteiger partial charge >= 0.3 is 6.03 Å². The lowest BCUT2D eigenvalue weighted by Crippen LogP contribution is -2.43. The highest BCUT2D eigenvalue weighted by molar-refractivity contribution is 7.99. The average molecular weight is 267 g/mol. The van der Waals surface area contributed by atoms with Crippen molar-refractivity contribution in [3.8, 4) is 0 Å². The molecule has 18 heavy (non-hydrogen) atoms. The van der Waals surface area contributed by atoms with Crippen LogP contribution in [0.5, 0.6) is 0 Å². The Labute approximate surface area is 111 Å². The third-order valence-corrected chi connectivity index (χ3v) is 3.18. The highest BCUT2D eigenvalue weighted by atomic mass is 32.2. The van der Waals surface area contributed by atoms with Crippen molar-refractivity contribution in [2.75, 3.05) is 5.75 Å². The van der Waals surface area contributed by atoms with E-state index in [1.165, 1.54) is 11.8 Å². The molecule has 0 aromatic carbocycles. The predicted molar refractivity (Wildman–Crippen MR) is 71.4 cm³/mol. The van der Waals surface area contributed by atoms with Gasteiger partial charge in [0.15, 0.2) is 0 Å². The Hall–Kier alpha value is -1.56. The Bertz CT molecular complexity index is 398. The first-order chi connectivity index (χ1) is 8.61. The SMILES string of the molecule is CC[C@@H](C)NC(=O)NC(=O)CSc1ccccn1. The molecule has 1 atom stereocenters. The van der Waals surface area contributed by atoms with Crippen molar-refractivity contribution >= 4 is 23.7 Å². The molecule has 0 fully saturated rings. The minimum Gasteiger partial charge on any atom is -0.335 e. The van der Waals surface area contributed by atoms with Crippen molar-refractivity contribution in [3.63, 3.8) is 0 Å². The van der Waals surface area contributed by atoms with Gasteiger partial charge in [0.25, 0.3) is 0 Å². The number of nitrogens with one attached hydrogen (secondary N) is 2. The van der Waals surface area contributed by atoms with Gasteiger partial charge in [-0.2, -0.15) is 0 Å². The number of nitrogens with zero attached hydrogens (tertiary/aromatic N) is 1. The zero-order valence-electron chi connectivity index (χ0n) is 10.5. The molecule has 0 unspecified atom stereocenters. The molecule has 2 N–H and O–H groups in total. The lowest BCUT2D eigenvalue weighted by molar-refractivity contribution is -0.117. The number of rotatable bonds is 5. The largest absolute Gasteiger partial charge is 0.335 e. The molecule has 0 bridgehead atoms. The summed E-state index contributed by atoms with van der Waals surface area (Å²) in [5, 5.41) is 5.70. The first-order valence-corrected chi connectivity index (χ1v) is 6.74. The zero-order chi connectivity index (χ0) is 13.4. The van der Waals surface area contributed by atoms with Gasteiger partial charge in [0.1, 0.15) is 0 Å². The van der Waals surface area contributed by atoms with E-state index in [0.29, 0.717) is 0 Å². The Morgan fingerprint density at radius 2 is 2.22 bits per heavy atom. The number of urea groups is 1. The molecule has 1 aromatic rings. The summed E-state index contributed by atoms with van der Waals surface area (Å²) >= 11 is 1.29. The number of amides is 3. The first kappa shape index (κ1) is 14.5. The Morgan fingerprint density at radius 3 is 2.83 bits per heavy atom. The lowest BCUT2D eigenvalue weighted by Gasteiger charge is -2.11. The molecule has 0 aliphatic carbocycles. The number of thioether (sulfide) groups is 1. The fourth-order valence-electron chi connectivity index (χ4n) is 1.10. The molecule has 0 aliphatic rings. The van der Waals surface area contributed by atoms with Crippen molar-refractivity contribution in [3.05, 3.63) is 24.4 Å². The summed E-state index contributed by atoms with van der Waals surface area (Å²) in [6.45, 7) is 3.84. The number of hydrogen-bond donors (Lipinski definition) is 2. The van der Waals surface area contributed by atoms with Gasteiger partial charge in [-0.15, -0.1) is 0 Å². The van der Waals surface area contributed by atoms with E-state index >= 15 is 0 Å². The summed E-state index contributed by atoms with van der Waals surface area (Å²) in [5.41, 5.74) is 0. The molecular formula is C12H17N3O2S. The van der Waals surface area contributed by atoms with Gasteiger partial charge in [-0.05, 0) is 25.5 Å². The monoisotopic (exact) mass is 267 g/mol. The van der Waals surface area contributed by atoms with Gasteiger partial charge < -0.3 is 5.32 Å². The van der Waals surface area contributed by atoms with Crippen LogP contribution in [0.15, 0.2) is 29.4 Å². The van der Waals surface area contributed by atoms with Crippen LogP contribution < -0.4 is 10.6 Å². The van der Waals surface area contributed by atoms with Gasteiger partial charge in [0.05, 0.1) is 10.8 Å². The minimum absolute atomic E-state index is 0.0567. The second-order valence-corrected chi connectivity index (χ2v) is 4.78. The molecule has 0 radical (unpaired) electrons. The first-order valence-electron chi connectivity index (χ1n) is 5.76. The molecule has 0 saturated carbocycles. The Morgan fingerprint density at radius 1 is 1.44 bits per heavy atom. The van der Waals surface area contributed by atoms with E-state index < -0.39 is 6.03 Å². The van der Waals surface area contributed by atoms with Gasteiger partial charge in [-0.3, -0.25) is 10.1 Å². The second kappa shape index (κ2) is 7.71. The van der Waals surface area contributed by atoms with Crippen LogP contribution in [-0.4, -0.2) is 28.7 Å². The number of aromatic nitrogens is 1. The van der Waals surface area contributed by atoms with Crippen LogP contribution in [0.2, 0.25) is 0 Å². The minimum atomic E-state index is -0.448. The summed E-state index contributed by atoms with van der Waals surface area (Å²) in [7, 11) is 0. The van der Waals surface area contributed by atoms with Gasteiger partial charge in [0, 0.05) is 12.2 Å². The van der Waals surface area contributed by atoms with Crippen LogP contribution in [0.25, 0.3) is 0 Å². The topological polar surface area (TPSA) is 71.1 Å². The van der Waals surface area contributed by atoms with Crippen molar-refractivity contribution < 1.29 is 9.59 Å². The predicted octanol–water partition coefficient (Wildman–Crippen LogP) is 1.80. The average Bonchev–Trinajstić information content (AvgIpc) is 2.37. The van der Waals surface area contributed by atoms with Crippen LogP contribution in [0.4, 0.5) is 4.79 Å². The van der Waals surface area contributed by atoms with E-state index in [0.717, 1.165) is 11.4 Å². The van der Waals surface area contributed by atoms with E-state index in [1.54, 1.807) is 6.20 Å². The maximum Gasteiger partial charge on any atom is 0.321 e. The molecule has 6 heteroatoms. The summed E-state index contributed by atoms with van der Waals surface area (Å²) < 4.78 is 0. The van der Waals surface area contributed by atoms with E-state index in [1.807, 2.05) is 32.0 Å². The maximum absolute atomic E-state index is 11.5. The fourth-order valence-corrected chi connectivity index (χ4v) is 1.76. The highest BCUT2D eigenvalue weighted by Crippen LogP contribution is 2.12. The van der Waals surface area contributed by atoms with E-state index in [4.69, 9.17) is 0 Å². The summed E-state index contributed by atoms with van der Waals surface area (Å²) in [6, 6.07) is 5.08. The van der Waals surface area contributed by atoms with Crippen molar-refractivity contribution in [1.82, 2.24) is 15.6 Å². The van der Waals surface area contributed by atoms with Crippen LogP contribution in [0, 0.1) is 0 Å². The summed E-state index contributed by atoms with van der Waals surface area (Å²) in [6.07, 6.45) is 2.49. The van der Waals surface area contributed by atoms with Crippen molar-refractivity contribution in [1.29, 1.82) is 0 Å². The number of pyridine rings is 1. The number of hydrogen-bond acceptors (Lipinski definition) is 4. The number of carbonyl (C=O) groups is 2. The van der Waals surface area contributed by atoms with Crippen LogP contribution >= 0.6 is 11.8 Å². The normalized spacial score (nSPS) is 11.7. The summed E-state index contributed by atoms with van der Waals surface area (Å²) in [4.78, 5) is 26.9. The van der Waals surface area contributed by atoms with E-state index in [9.17, 15) is 9.59 Å². The molecule has 1 aromatic heterocycles. The molecule has 1 heterocycles. The van der Waals surface area contributed by atoms with Crippen LogP contribution in [-0.2, 0) is 4.79 Å². The van der Waals surface area contributed by atoms with Gasteiger partial charge in [-0.1, -0.05) is 24.8 Å². The molecule has 5 nitrogen and oxygen atoms in total. The van der Waals surface area contributed by atoms with E-state index in [-0.39, 0.29) is 17.7 Å². The van der Waals surface area contributed by atoms with E-state index in [2.05, 4.69) is 15.6 Å². The second-order valence-electron chi connectivity index (χ2n) is 3.79. The summed E-state index contributed by atoms with van der Waals surface area (Å²) in [5.74, 6) is -0.156.